The van der Waals surface area contributed by atoms with Crippen molar-refractivity contribution in [2.75, 3.05) is 11.9 Å². The van der Waals surface area contributed by atoms with Gasteiger partial charge in [-0.05, 0) is 47.9 Å². The van der Waals surface area contributed by atoms with Gasteiger partial charge >= 0.3 is 0 Å². The summed E-state index contributed by atoms with van der Waals surface area (Å²) >= 11 is 12.0. The summed E-state index contributed by atoms with van der Waals surface area (Å²) in [5.74, 6) is 1.41. The van der Waals surface area contributed by atoms with Gasteiger partial charge in [0.15, 0.2) is 0 Å². The SMILES string of the molecule is CC(C)COc1ccc(NCc2ccc(Cl)cc2Cl)cc1. The van der Waals surface area contributed by atoms with Crippen molar-refractivity contribution in [3.05, 3.63) is 58.1 Å². The molecule has 0 aromatic heterocycles. The number of halogens is 2. The van der Waals surface area contributed by atoms with E-state index < -0.39 is 0 Å². The Labute approximate surface area is 136 Å². The van der Waals surface area contributed by atoms with Gasteiger partial charge in [-0.2, -0.15) is 0 Å². The van der Waals surface area contributed by atoms with Crippen LogP contribution in [0.3, 0.4) is 0 Å². The van der Waals surface area contributed by atoms with Crippen molar-refractivity contribution in [3.8, 4) is 5.75 Å². The van der Waals surface area contributed by atoms with Gasteiger partial charge in [-0.25, -0.2) is 0 Å². The number of hydrogen-bond acceptors (Lipinski definition) is 2. The maximum absolute atomic E-state index is 6.15. The fraction of sp³-hybridized carbons (Fsp3) is 0.294. The van der Waals surface area contributed by atoms with Gasteiger partial charge in [0.2, 0.25) is 0 Å². The number of nitrogens with one attached hydrogen (secondary N) is 1. The minimum atomic E-state index is 0.523. The molecule has 0 fully saturated rings. The molecule has 0 bridgehead atoms. The lowest BCUT2D eigenvalue weighted by Crippen LogP contribution is -2.04. The molecular formula is C17H19Cl2NO. The highest BCUT2D eigenvalue weighted by atomic mass is 35.5. The molecule has 0 spiro atoms. The quantitative estimate of drug-likeness (QED) is 0.742. The highest BCUT2D eigenvalue weighted by molar-refractivity contribution is 6.35. The number of ether oxygens (including phenoxy) is 1. The van der Waals surface area contributed by atoms with Crippen LogP contribution in [-0.2, 0) is 6.54 Å². The molecule has 4 heteroatoms. The number of benzene rings is 2. The molecule has 0 aliphatic carbocycles. The monoisotopic (exact) mass is 323 g/mol. The maximum Gasteiger partial charge on any atom is 0.119 e. The molecule has 0 heterocycles. The molecule has 0 saturated carbocycles. The van der Waals surface area contributed by atoms with Crippen LogP contribution in [0.25, 0.3) is 0 Å². The van der Waals surface area contributed by atoms with Gasteiger partial charge < -0.3 is 10.1 Å². The molecule has 2 rings (SSSR count). The summed E-state index contributed by atoms with van der Waals surface area (Å²) < 4.78 is 5.65. The van der Waals surface area contributed by atoms with E-state index in [0.717, 1.165) is 23.6 Å². The van der Waals surface area contributed by atoms with Crippen molar-refractivity contribution in [1.29, 1.82) is 0 Å². The van der Waals surface area contributed by atoms with Gasteiger partial charge in [0, 0.05) is 22.3 Å². The minimum absolute atomic E-state index is 0.523. The Morgan fingerprint density at radius 1 is 1.05 bits per heavy atom. The van der Waals surface area contributed by atoms with Crippen LogP contribution in [0.5, 0.6) is 5.75 Å². The topological polar surface area (TPSA) is 21.3 Å². The summed E-state index contributed by atoms with van der Waals surface area (Å²) in [5, 5.41) is 4.65. The molecule has 1 N–H and O–H groups in total. The standard InChI is InChI=1S/C17H19Cl2NO/c1-12(2)11-21-16-7-5-15(6-8-16)20-10-13-3-4-14(18)9-17(13)19/h3-9,12,20H,10-11H2,1-2H3. The third-order valence-corrected chi connectivity index (χ3v) is 3.52. The van der Waals surface area contributed by atoms with Gasteiger partial charge in [0.1, 0.15) is 5.75 Å². The van der Waals surface area contributed by atoms with E-state index in [1.54, 1.807) is 6.07 Å². The van der Waals surface area contributed by atoms with Gasteiger partial charge in [0.05, 0.1) is 6.61 Å². The molecule has 2 aromatic carbocycles. The Morgan fingerprint density at radius 2 is 1.76 bits per heavy atom. The summed E-state index contributed by atoms with van der Waals surface area (Å²) in [5.41, 5.74) is 2.04. The van der Waals surface area contributed by atoms with Crippen LogP contribution in [0.2, 0.25) is 10.0 Å². The summed E-state index contributed by atoms with van der Waals surface area (Å²) in [7, 11) is 0. The Kier molecular flexibility index (Phi) is 5.77. The van der Waals surface area contributed by atoms with E-state index in [-0.39, 0.29) is 0 Å². The molecule has 0 unspecified atom stereocenters. The molecule has 0 amide bonds. The molecular weight excluding hydrogens is 305 g/mol. The van der Waals surface area contributed by atoms with Crippen molar-refractivity contribution in [2.24, 2.45) is 5.92 Å². The van der Waals surface area contributed by atoms with Crippen molar-refractivity contribution in [1.82, 2.24) is 0 Å². The fourth-order valence-electron chi connectivity index (χ4n) is 1.79. The van der Waals surface area contributed by atoms with Crippen LogP contribution in [0.4, 0.5) is 5.69 Å². The van der Waals surface area contributed by atoms with E-state index >= 15 is 0 Å². The fourth-order valence-corrected chi connectivity index (χ4v) is 2.27. The van der Waals surface area contributed by atoms with E-state index in [1.165, 1.54) is 0 Å². The Balaban J connectivity index is 1.91. The summed E-state index contributed by atoms with van der Waals surface area (Å²) in [6, 6.07) is 13.5. The van der Waals surface area contributed by atoms with Crippen LogP contribution in [0.1, 0.15) is 19.4 Å². The third-order valence-electron chi connectivity index (χ3n) is 2.94. The molecule has 0 saturated heterocycles. The highest BCUT2D eigenvalue weighted by Crippen LogP contribution is 2.22. The average molecular weight is 324 g/mol. The summed E-state index contributed by atoms with van der Waals surface area (Å²) in [6.07, 6.45) is 0. The van der Waals surface area contributed by atoms with Gasteiger partial charge in [-0.3, -0.25) is 0 Å². The van der Waals surface area contributed by atoms with Crippen molar-refractivity contribution in [2.45, 2.75) is 20.4 Å². The lowest BCUT2D eigenvalue weighted by molar-refractivity contribution is 0.271. The van der Waals surface area contributed by atoms with Crippen molar-refractivity contribution in [3.63, 3.8) is 0 Å². The first-order valence-electron chi connectivity index (χ1n) is 6.95. The second-order valence-corrected chi connectivity index (χ2v) is 6.16. The smallest absolute Gasteiger partial charge is 0.119 e. The number of hydrogen-bond donors (Lipinski definition) is 1. The Hall–Kier alpha value is -1.38. The van der Waals surface area contributed by atoms with Crippen molar-refractivity contribution < 1.29 is 4.74 Å². The molecule has 112 valence electrons. The maximum atomic E-state index is 6.15. The second-order valence-electron chi connectivity index (χ2n) is 5.32. The molecule has 0 atom stereocenters. The summed E-state index contributed by atoms with van der Waals surface area (Å²) in [4.78, 5) is 0. The average Bonchev–Trinajstić information content (AvgIpc) is 2.45. The largest absolute Gasteiger partial charge is 0.493 e. The number of anilines is 1. The highest BCUT2D eigenvalue weighted by Gasteiger charge is 2.02. The van der Waals surface area contributed by atoms with Crippen LogP contribution in [0, 0.1) is 5.92 Å². The molecule has 0 aliphatic rings. The first-order chi connectivity index (χ1) is 10.0. The van der Waals surface area contributed by atoms with Crippen LogP contribution in [0.15, 0.2) is 42.5 Å². The normalized spacial score (nSPS) is 10.7. The van der Waals surface area contributed by atoms with Gasteiger partial charge in [-0.1, -0.05) is 43.1 Å². The Bertz CT molecular complexity index is 582. The van der Waals surface area contributed by atoms with Gasteiger partial charge in [-0.15, -0.1) is 0 Å². The first-order valence-corrected chi connectivity index (χ1v) is 7.71. The third kappa shape index (κ3) is 5.14. The number of rotatable bonds is 6. The predicted molar refractivity (Wildman–Crippen MR) is 90.6 cm³/mol. The second kappa shape index (κ2) is 7.58. The predicted octanol–water partition coefficient (Wildman–Crippen LogP) is 5.64. The van der Waals surface area contributed by atoms with Crippen LogP contribution >= 0.6 is 23.2 Å². The summed E-state index contributed by atoms with van der Waals surface area (Å²) in [6.45, 7) is 5.65. The zero-order valence-corrected chi connectivity index (χ0v) is 13.7. The van der Waals surface area contributed by atoms with E-state index in [9.17, 15) is 0 Å². The van der Waals surface area contributed by atoms with Crippen LogP contribution < -0.4 is 10.1 Å². The first kappa shape index (κ1) is 16.0. The van der Waals surface area contributed by atoms with Gasteiger partial charge in [0.25, 0.3) is 0 Å². The van der Waals surface area contributed by atoms with E-state index in [2.05, 4.69) is 19.2 Å². The molecule has 21 heavy (non-hydrogen) atoms. The zero-order chi connectivity index (χ0) is 15.2. The minimum Gasteiger partial charge on any atom is -0.493 e. The molecule has 0 radical (unpaired) electrons. The molecule has 2 aromatic rings. The molecule has 2 nitrogen and oxygen atoms in total. The molecule has 0 aliphatic heterocycles. The van der Waals surface area contributed by atoms with E-state index in [1.807, 2.05) is 36.4 Å². The lowest BCUT2D eigenvalue weighted by Gasteiger charge is -2.11. The van der Waals surface area contributed by atoms with Crippen molar-refractivity contribution >= 4 is 28.9 Å². The lowest BCUT2D eigenvalue weighted by atomic mass is 10.2. The van der Waals surface area contributed by atoms with E-state index in [4.69, 9.17) is 27.9 Å². The Morgan fingerprint density at radius 3 is 2.38 bits per heavy atom. The zero-order valence-electron chi connectivity index (χ0n) is 12.2. The van der Waals surface area contributed by atoms with E-state index in [0.29, 0.717) is 22.5 Å². The van der Waals surface area contributed by atoms with Crippen LogP contribution in [-0.4, -0.2) is 6.61 Å².